The summed E-state index contributed by atoms with van der Waals surface area (Å²) in [6.45, 7) is 4.76. The maximum absolute atomic E-state index is 14.6. The third kappa shape index (κ3) is 5.10. The van der Waals surface area contributed by atoms with E-state index in [0.29, 0.717) is 25.9 Å². The quantitative estimate of drug-likeness (QED) is 0.324. The van der Waals surface area contributed by atoms with Crippen molar-refractivity contribution in [3.05, 3.63) is 115 Å². The standard InChI is InChI=1S/C35H36N4O3/c1-24(2)37-33(41)32(40)31-22-35(19-21-38(31)23-27-12-8-9-20-36-27)29-13-6-7-14-30(29)39(34(35)42)28-17-15-26(16-18-28)25-10-4-3-5-11-25/h3-18,20,24,31-32,40H,19,21-23H2,1-2H3,(H,37,41). The monoisotopic (exact) mass is 560 g/mol. The molecule has 1 spiro atoms. The number of amides is 2. The fourth-order valence-corrected chi connectivity index (χ4v) is 6.48. The summed E-state index contributed by atoms with van der Waals surface area (Å²) in [4.78, 5) is 36.1. The molecule has 6 rings (SSSR count). The normalized spacial score (nSPS) is 21.0. The molecular formula is C35H36N4O3. The second-order valence-electron chi connectivity index (χ2n) is 11.6. The number of benzene rings is 3. The fourth-order valence-electron chi connectivity index (χ4n) is 6.48. The topological polar surface area (TPSA) is 85.8 Å². The summed E-state index contributed by atoms with van der Waals surface area (Å²) in [5, 5.41) is 14.3. The smallest absolute Gasteiger partial charge is 0.250 e. The van der Waals surface area contributed by atoms with Crippen molar-refractivity contribution in [2.45, 2.75) is 56.8 Å². The van der Waals surface area contributed by atoms with E-state index >= 15 is 0 Å². The van der Waals surface area contributed by atoms with Crippen molar-refractivity contribution in [1.82, 2.24) is 15.2 Å². The van der Waals surface area contributed by atoms with Crippen LogP contribution in [-0.2, 0) is 21.5 Å². The van der Waals surface area contributed by atoms with E-state index in [1.54, 1.807) is 6.20 Å². The van der Waals surface area contributed by atoms with Gasteiger partial charge in [0.1, 0.15) is 6.10 Å². The summed E-state index contributed by atoms with van der Waals surface area (Å²) >= 11 is 0. The molecule has 0 aliphatic carbocycles. The number of aliphatic hydroxyl groups is 1. The highest BCUT2D eigenvalue weighted by molar-refractivity contribution is 6.13. The molecule has 3 atom stereocenters. The van der Waals surface area contributed by atoms with Crippen LogP contribution < -0.4 is 10.2 Å². The third-order valence-corrected chi connectivity index (χ3v) is 8.51. The molecule has 7 heteroatoms. The second kappa shape index (κ2) is 11.5. The van der Waals surface area contributed by atoms with E-state index in [4.69, 9.17) is 0 Å². The summed E-state index contributed by atoms with van der Waals surface area (Å²) in [5.41, 5.74) is 4.79. The average Bonchev–Trinajstić information content (AvgIpc) is 3.25. The van der Waals surface area contributed by atoms with Gasteiger partial charge in [0.25, 0.3) is 5.91 Å². The van der Waals surface area contributed by atoms with Gasteiger partial charge in [-0.25, -0.2) is 0 Å². The van der Waals surface area contributed by atoms with Gasteiger partial charge in [0, 0.05) is 37.1 Å². The Bertz CT molecular complexity index is 1560. The first-order valence-electron chi connectivity index (χ1n) is 14.6. The number of piperidine rings is 1. The molecule has 42 heavy (non-hydrogen) atoms. The van der Waals surface area contributed by atoms with Gasteiger partial charge < -0.3 is 10.4 Å². The number of likely N-dealkylation sites (tertiary alicyclic amines) is 1. The first kappa shape index (κ1) is 27.8. The van der Waals surface area contributed by atoms with Crippen LogP contribution in [0.3, 0.4) is 0 Å². The summed E-state index contributed by atoms with van der Waals surface area (Å²) < 4.78 is 0. The molecule has 0 radical (unpaired) electrons. The summed E-state index contributed by atoms with van der Waals surface area (Å²) in [6.07, 6.45) is 1.34. The van der Waals surface area contributed by atoms with Crippen LogP contribution in [0.5, 0.6) is 0 Å². The Morgan fingerprint density at radius 3 is 2.36 bits per heavy atom. The number of carbonyl (C=O) groups excluding carboxylic acids is 2. The molecule has 1 saturated heterocycles. The van der Waals surface area contributed by atoms with E-state index < -0.39 is 23.5 Å². The van der Waals surface area contributed by atoms with Crippen LogP contribution in [0.4, 0.5) is 11.4 Å². The van der Waals surface area contributed by atoms with Crippen molar-refractivity contribution in [1.29, 1.82) is 0 Å². The average molecular weight is 561 g/mol. The van der Waals surface area contributed by atoms with Crippen LogP contribution in [0.15, 0.2) is 103 Å². The molecule has 0 bridgehead atoms. The lowest BCUT2D eigenvalue weighted by atomic mass is 9.70. The Balaban J connectivity index is 1.35. The van der Waals surface area contributed by atoms with Gasteiger partial charge in [-0.05, 0) is 73.7 Å². The number of nitrogens with zero attached hydrogens (tertiary/aromatic N) is 3. The molecule has 214 valence electrons. The van der Waals surface area contributed by atoms with Crippen molar-refractivity contribution in [2.24, 2.45) is 0 Å². The molecular weight excluding hydrogens is 524 g/mol. The first-order valence-corrected chi connectivity index (χ1v) is 14.6. The molecule has 4 aromatic rings. The molecule has 2 aliphatic rings. The number of hydrogen-bond acceptors (Lipinski definition) is 5. The van der Waals surface area contributed by atoms with E-state index in [1.165, 1.54) is 0 Å². The van der Waals surface area contributed by atoms with E-state index in [1.807, 2.05) is 104 Å². The van der Waals surface area contributed by atoms with E-state index in [-0.39, 0.29) is 11.9 Å². The highest BCUT2D eigenvalue weighted by atomic mass is 16.3. The third-order valence-electron chi connectivity index (χ3n) is 8.51. The zero-order valence-electron chi connectivity index (χ0n) is 24.0. The van der Waals surface area contributed by atoms with E-state index in [2.05, 4.69) is 27.3 Å². The van der Waals surface area contributed by atoms with E-state index in [9.17, 15) is 14.7 Å². The Morgan fingerprint density at radius 2 is 1.64 bits per heavy atom. The van der Waals surface area contributed by atoms with Crippen LogP contribution >= 0.6 is 0 Å². The molecule has 3 heterocycles. The van der Waals surface area contributed by atoms with Crippen LogP contribution in [0.1, 0.15) is 37.9 Å². The number of para-hydroxylation sites is 1. The van der Waals surface area contributed by atoms with Crippen LogP contribution in [0.25, 0.3) is 11.1 Å². The Morgan fingerprint density at radius 1 is 0.952 bits per heavy atom. The number of fused-ring (bicyclic) bond motifs is 2. The minimum atomic E-state index is -1.30. The number of anilines is 2. The van der Waals surface area contributed by atoms with E-state index in [0.717, 1.165) is 33.8 Å². The SMILES string of the molecule is CC(C)NC(=O)C(O)C1CC2(CCN1Cc1ccccn1)C(=O)N(c1ccc(-c3ccccc3)cc1)c1ccccc12. The lowest BCUT2D eigenvalue weighted by Gasteiger charge is -2.45. The lowest BCUT2D eigenvalue weighted by molar-refractivity contribution is -0.138. The van der Waals surface area contributed by atoms with Gasteiger partial charge in [-0.1, -0.05) is 66.7 Å². The van der Waals surface area contributed by atoms with Gasteiger partial charge in [-0.15, -0.1) is 0 Å². The number of rotatable bonds is 7. The van der Waals surface area contributed by atoms with Crippen molar-refractivity contribution < 1.29 is 14.7 Å². The van der Waals surface area contributed by atoms with Gasteiger partial charge in [0.15, 0.2) is 0 Å². The number of hydrogen-bond donors (Lipinski definition) is 2. The van der Waals surface area contributed by atoms with Gasteiger partial charge in [0.2, 0.25) is 5.91 Å². The lowest BCUT2D eigenvalue weighted by Crippen LogP contribution is -2.59. The van der Waals surface area contributed by atoms with Gasteiger partial charge in [0.05, 0.1) is 16.8 Å². The van der Waals surface area contributed by atoms with Gasteiger partial charge in [-0.3, -0.25) is 24.4 Å². The first-order chi connectivity index (χ1) is 20.4. The number of carbonyl (C=O) groups is 2. The Labute approximate surface area is 246 Å². The maximum atomic E-state index is 14.6. The second-order valence-corrected chi connectivity index (χ2v) is 11.6. The Kier molecular flexibility index (Phi) is 7.62. The number of aliphatic hydroxyl groups excluding tert-OH is 1. The largest absolute Gasteiger partial charge is 0.382 e. The van der Waals surface area contributed by atoms with Crippen LogP contribution in [-0.4, -0.2) is 51.5 Å². The number of nitrogens with one attached hydrogen (secondary N) is 1. The number of aromatic nitrogens is 1. The highest BCUT2D eigenvalue weighted by Gasteiger charge is 2.56. The van der Waals surface area contributed by atoms with Crippen molar-refractivity contribution in [3.8, 4) is 11.1 Å². The minimum Gasteiger partial charge on any atom is -0.382 e. The predicted octanol–water partition coefficient (Wildman–Crippen LogP) is 5.21. The molecule has 2 amide bonds. The zero-order valence-corrected chi connectivity index (χ0v) is 24.0. The molecule has 0 saturated carbocycles. The predicted molar refractivity (Wildman–Crippen MR) is 164 cm³/mol. The number of pyridine rings is 1. The van der Waals surface area contributed by atoms with Gasteiger partial charge in [-0.2, -0.15) is 0 Å². The van der Waals surface area contributed by atoms with Crippen LogP contribution in [0, 0.1) is 0 Å². The molecule has 1 fully saturated rings. The molecule has 3 unspecified atom stereocenters. The summed E-state index contributed by atoms with van der Waals surface area (Å²) in [7, 11) is 0. The molecule has 7 nitrogen and oxygen atoms in total. The van der Waals surface area contributed by atoms with Crippen molar-refractivity contribution in [2.75, 3.05) is 11.4 Å². The summed E-state index contributed by atoms with van der Waals surface area (Å²) in [5.74, 6) is -0.444. The molecule has 2 N–H and O–H groups in total. The zero-order chi connectivity index (χ0) is 29.3. The van der Waals surface area contributed by atoms with Gasteiger partial charge >= 0.3 is 0 Å². The minimum absolute atomic E-state index is 0.0184. The van der Waals surface area contributed by atoms with Crippen LogP contribution in [0.2, 0.25) is 0 Å². The maximum Gasteiger partial charge on any atom is 0.250 e. The molecule has 2 aliphatic heterocycles. The Hall–Kier alpha value is -4.33. The fraction of sp³-hybridized carbons (Fsp3) is 0.286. The molecule has 1 aromatic heterocycles. The molecule has 3 aromatic carbocycles. The van der Waals surface area contributed by atoms with Crippen molar-refractivity contribution >= 4 is 23.2 Å². The highest BCUT2D eigenvalue weighted by Crippen LogP contribution is 2.52. The summed E-state index contributed by atoms with van der Waals surface area (Å²) in [6, 6.07) is 31.2. The van der Waals surface area contributed by atoms with Crippen molar-refractivity contribution in [3.63, 3.8) is 0 Å².